The highest BCUT2D eigenvalue weighted by Gasteiger charge is 2.27. The van der Waals surface area contributed by atoms with Crippen molar-refractivity contribution >= 4 is 22.8 Å². The minimum atomic E-state index is -0.993. The number of nitrogens with one attached hydrogen (secondary N) is 1. The third kappa shape index (κ3) is 3.73. The lowest BCUT2D eigenvalue weighted by Crippen LogP contribution is -2.32. The van der Waals surface area contributed by atoms with Gasteiger partial charge in [-0.25, -0.2) is 22.5 Å². The molecule has 0 saturated heterocycles. The molecule has 5 rings (SSSR count). The van der Waals surface area contributed by atoms with Crippen LogP contribution < -0.4 is 5.73 Å². The molecule has 34 heavy (non-hydrogen) atoms. The van der Waals surface area contributed by atoms with Crippen LogP contribution in [0.15, 0.2) is 36.7 Å². The van der Waals surface area contributed by atoms with Crippen molar-refractivity contribution < 1.29 is 27.1 Å². The number of nitrogen functional groups attached to an aromatic ring is 1. The summed E-state index contributed by atoms with van der Waals surface area (Å²) in [6.45, 7) is -0.625. The molecule has 4 aromatic rings. The number of rotatable bonds is 5. The number of ether oxygens (including phenoxy) is 1. The molecule has 1 aliphatic heterocycles. The van der Waals surface area contributed by atoms with Crippen molar-refractivity contribution in [1.82, 2.24) is 19.9 Å². The first-order valence-corrected chi connectivity index (χ1v) is 10.2. The van der Waals surface area contributed by atoms with Crippen LogP contribution >= 0.6 is 0 Å². The van der Waals surface area contributed by atoms with Crippen molar-refractivity contribution in [3.05, 3.63) is 87.9 Å². The Labute approximate surface area is 190 Å². The van der Waals surface area contributed by atoms with E-state index in [-0.39, 0.29) is 24.7 Å². The maximum atomic E-state index is 14.4. The van der Waals surface area contributed by atoms with Crippen LogP contribution in [0.5, 0.6) is 0 Å². The van der Waals surface area contributed by atoms with E-state index in [1.54, 1.807) is 0 Å². The quantitative estimate of drug-likeness (QED) is 0.430. The van der Waals surface area contributed by atoms with E-state index in [0.29, 0.717) is 16.6 Å². The van der Waals surface area contributed by atoms with Gasteiger partial charge >= 0.3 is 0 Å². The maximum Gasteiger partial charge on any atom is 0.270 e. The molecule has 4 heterocycles. The fraction of sp³-hybridized carbons (Fsp3) is 0.174. The monoisotopic (exact) mass is 471 g/mol. The number of halogens is 4. The van der Waals surface area contributed by atoms with Gasteiger partial charge in [0.1, 0.15) is 34.8 Å². The molecule has 11 heteroatoms. The van der Waals surface area contributed by atoms with Crippen molar-refractivity contribution in [3.8, 4) is 0 Å². The minimum Gasteiger partial charge on any atom is -0.383 e. The number of nitrogens with two attached hydrogens (primary N) is 1. The fourth-order valence-corrected chi connectivity index (χ4v) is 3.98. The topological polar surface area (TPSA) is 97.1 Å². The number of carbonyl (C=O) groups excluding carboxylic acids is 1. The van der Waals surface area contributed by atoms with Gasteiger partial charge in [-0.2, -0.15) is 0 Å². The minimum absolute atomic E-state index is 0.00817. The van der Waals surface area contributed by atoms with Gasteiger partial charge in [0.15, 0.2) is 0 Å². The molecule has 7 nitrogen and oxygen atoms in total. The summed E-state index contributed by atoms with van der Waals surface area (Å²) in [7, 11) is 0. The van der Waals surface area contributed by atoms with E-state index in [9.17, 15) is 22.4 Å². The molecule has 3 aromatic heterocycles. The van der Waals surface area contributed by atoms with E-state index in [1.165, 1.54) is 12.1 Å². The van der Waals surface area contributed by atoms with Gasteiger partial charge in [-0.05, 0) is 18.2 Å². The third-order valence-electron chi connectivity index (χ3n) is 5.74. The van der Waals surface area contributed by atoms with Gasteiger partial charge in [0.2, 0.25) is 0 Å². The van der Waals surface area contributed by atoms with E-state index in [2.05, 4.69) is 15.0 Å². The number of pyridine rings is 2. The molecule has 0 atom stereocenters. The van der Waals surface area contributed by atoms with Crippen LogP contribution in [0.25, 0.3) is 11.0 Å². The van der Waals surface area contributed by atoms with Crippen LogP contribution in [0.3, 0.4) is 0 Å². The van der Waals surface area contributed by atoms with E-state index in [4.69, 9.17) is 10.5 Å². The summed E-state index contributed by atoms with van der Waals surface area (Å²) in [5.41, 5.74) is 7.49. The second-order valence-electron chi connectivity index (χ2n) is 7.83. The van der Waals surface area contributed by atoms with Crippen LogP contribution in [0.1, 0.15) is 32.7 Å². The lowest BCUT2D eigenvalue weighted by Gasteiger charge is -2.23. The molecular weight excluding hydrogens is 454 g/mol. The molecule has 0 fully saturated rings. The number of aromatic nitrogens is 3. The van der Waals surface area contributed by atoms with Crippen LogP contribution in [0.4, 0.5) is 23.4 Å². The van der Waals surface area contributed by atoms with Crippen molar-refractivity contribution in [3.63, 3.8) is 0 Å². The number of carbonyl (C=O) groups is 1. The molecule has 0 bridgehead atoms. The Hall–Kier alpha value is -3.99. The summed E-state index contributed by atoms with van der Waals surface area (Å²) in [5.74, 6) is -4.25. The predicted molar refractivity (Wildman–Crippen MR) is 113 cm³/mol. The SMILES string of the molecule is Nc1nc2cc(C(=O)N(Cc3c(F)cccc3F)Cc3c(F)cncc3F)[nH]c2c2c1COC2. The molecule has 1 amide bonds. The maximum absolute atomic E-state index is 14.4. The zero-order valence-corrected chi connectivity index (χ0v) is 17.5. The Kier molecular flexibility index (Phi) is 5.40. The van der Waals surface area contributed by atoms with E-state index >= 15 is 0 Å². The lowest BCUT2D eigenvalue weighted by molar-refractivity contribution is 0.0718. The smallest absolute Gasteiger partial charge is 0.270 e. The lowest BCUT2D eigenvalue weighted by atomic mass is 10.1. The number of aromatic amines is 1. The number of nitrogens with zero attached hydrogens (tertiary/aromatic N) is 3. The molecule has 0 radical (unpaired) electrons. The second-order valence-corrected chi connectivity index (χ2v) is 7.83. The first-order valence-electron chi connectivity index (χ1n) is 10.2. The Balaban J connectivity index is 1.57. The fourth-order valence-electron chi connectivity index (χ4n) is 3.98. The predicted octanol–water partition coefficient (Wildman–Crippen LogP) is 3.97. The van der Waals surface area contributed by atoms with Crippen LogP contribution in [-0.4, -0.2) is 25.8 Å². The Morgan fingerprint density at radius 3 is 2.29 bits per heavy atom. The van der Waals surface area contributed by atoms with Crippen molar-refractivity contribution in [2.45, 2.75) is 26.3 Å². The number of benzene rings is 1. The van der Waals surface area contributed by atoms with E-state index in [1.807, 2.05) is 0 Å². The number of fused-ring (bicyclic) bond motifs is 3. The van der Waals surface area contributed by atoms with Crippen molar-refractivity contribution in [1.29, 1.82) is 0 Å². The van der Waals surface area contributed by atoms with Gasteiger partial charge in [0.25, 0.3) is 5.91 Å². The van der Waals surface area contributed by atoms with Crippen LogP contribution in [0.2, 0.25) is 0 Å². The number of amides is 1. The second kappa shape index (κ2) is 8.41. The Morgan fingerprint density at radius 2 is 1.62 bits per heavy atom. The first-order chi connectivity index (χ1) is 16.3. The molecule has 1 aromatic carbocycles. The highest BCUT2D eigenvalue weighted by Crippen LogP contribution is 2.31. The molecule has 0 saturated carbocycles. The number of anilines is 1. The Morgan fingerprint density at radius 1 is 1.00 bits per heavy atom. The third-order valence-corrected chi connectivity index (χ3v) is 5.74. The summed E-state index contributed by atoms with van der Waals surface area (Å²) in [6.07, 6.45) is 1.59. The Bertz CT molecular complexity index is 1340. The number of hydrogen-bond acceptors (Lipinski definition) is 5. The summed E-state index contributed by atoms with van der Waals surface area (Å²) >= 11 is 0. The van der Waals surface area contributed by atoms with Gasteiger partial charge in [-0.15, -0.1) is 0 Å². The molecule has 0 spiro atoms. The van der Waals surface area contributed by atoms with Crippen molar-refractivity contribution in [2.24, 2.45) is 0 Å². The summed E-state index contributed by atoms with van der Waals surface area (Å²) < 4.78 is 62.7. The highest BCUT2D eigenvalue weighted by atomic mass is 19.1. The van der Waals surface area contributed by atoms with Crippen LogP contribution in [0, 0.1) is 23.3 Å². The van der Waals surface area contributed by atoms with Crippen molar-refractivity contribution in [2.75, 3.05) is 5.73 Å². The average molecular weight is 471 g/mol. The first kappa shape index (κ1) is 21.8. The van der Waals surface area contributed by atoms with E-state index < -0.39 is 53.4 Å². The van der Waals surface area contributed by atoms with Gasteiger partial charge < -0.3 is 20.4 Å². The molecule has 0 unspecified atom stereocenters. The van der Waals surface area contributed by atoms with Gasteiger partial charge in [-0.3, -0.25) is 9.78 Å². The zero-order valence-electron chi connectivity index (χ0n) is 17.5. The van der Waals surface area contributed by atoms with E-state index in [0.717, 1.165) is 35.0 Å². The highest BCUT2D eigenvalue weighted by molar-refractivity contribution is 5.98. The van der Waals surface area contributed by atoms with Gasteiger partial charge in [0, 0.05) is 22.3 Å². The molecule has 3 N–H and O–H groups in total. The number of hydrogen-bond donors (Lipinski definition) is 2. The summed E-state index contributed by atoms with van der Waals surface area (Å²) in [4.78, 5) is 25.1. The van der Waals surface area contributed by atoms with Gasteiger partial charge in [0.05, 0.1) is 49.7 Å². The number of H-pyrrole nitrogens is 1. The largest absolute Gasteiger partial charge is 0.383 e. The zero-order chi connectivity index (χ0) is 24.0. The van der Waals surface area contributed by atoms with Gasteiger partial charge in [-0.1, -0.05) is 6.07 Å². The molecule has 174 valence electrons. The summed E-state index contributed by atoms with van der Waals surface area (Å²) in [6, 6.07) is 4.68. The molecule has 1 aliphatic rings. The van der Waals surface area contributed by atoms with Crippen LogP contribution in [-0.2, 0) is 31.0 Å². The normalized spacial score (nSPS) is 12.8. The summed E-state index contributed by atoms with van der Waals surface area (Å²) in [5, 5.41) is 0. The average Bonchev–Trinajstić information content (AvgIpc) is 3.44. The standard InChI is InChI=1S/C23H17F4N5O2/c24-15-2-1-3-16(25)11(15)7-32(8-12-17(26)5-29-6-18(12)27)23(33)20-4-19-21(30-20)13-9-34-10-14(13)22(28)31-19/h1-6,30H,7-10H2,(H2,28,31). The molecular formula is C23H17F4N5O2. The molecule has 0 aliphatic carbocycles.